The van der Waals surface area contributed by atoms with Crippen LogP contribution in [0.25, 0.3) is 0 Å². The summed E-state index contributed by atoms with van der Waals surface area (Å²) in [5.41, 5.74) is 1.14. The molecule has 1 aromatic carbocycles. The van der Waals surface area contributed by atoms with Crippen LogP contribution < -0.4 is 0 Å². The van der Waals surface area contributed by atoms with Crippen LogP contribution in [0.4, 0.5) is 0 Å². The van der Waals surface area contributed by atoms with Crippen molar-refractivity contribution in [3.8, 4) is 0 Å². The van der Waals surface area contributed by atoms with E-state index in [1.165, 1.54) is 5.56 Å². The average molecular weight is 188 g/mol. The summed E-state index contributed by atoms with van der Waals surface area (Å²) in [5, 5.41) is 0. The molecular weight excluding hydrogens is 172 g/mol. The number of carbonyl (C=O) groups is 1. The summed E-state index contributed by atoms with van der Waals surface area (Å²) < 4.78 is 0. The zero-order valence-corrected chi connectivity index (χ0v) is 8.79. The van der Waals surface area contributed by atoms with Gasteiger partial charge in [0.2, 0.25) is 0 Å². The van der Waals surface area contributed by atoms with Gasteiger partial charge in [0.25, 0.3) is 0 Å². The summed E-state index contributed by atoms with van der Waals surface area (Å²) in [5.74, 6) is 0.822. The first kappa shape index (κ1) is 9.45. The second kappa shape index (κ2) is 3.23. The molecule has 0 radical (unpaired) electrons. The van der Waals surface area contributed by atoms with Gasteiger partial charge in [-0.25, -0.2) is 0 Å². The van der Waals surface area contributed by atoms with Crippen molar-refractivity contribution in [1.82, 2.24) is 0 Å². The number of Topliss-reactive ketones (excluding diaryl/α,β-unsaturated/α-hetero) is 1. The first-order valence-electron chi connectivity index (χ1n) is 5.20. The minimum absolute atomic E-state index is 0.165. The van der Waals surface area contributed by atoms with Gasteiger partial charge >= 0.3 is 0 Å². The number of benzene rings is 1. The Labute approximate surface area is 85.1 Å². The topological polar surface area (TPSA) is 17.1 Å². The quantitative estimate of drug-likeness (QED) is 0.661. The summed E-state index contributed by atoms with van der Waals surface area (Å²) in [6.45, 7) is 4.14. The molecule has 0 aliphatic heterocycles. The molecule has 1 atom stereocenters. The first-order valence-corrected chi connectivity index (χ1v) is 5.20. The standard InChI is InChI=1S/C13H16O/c1-13(2)11(8-9-12(13)14)10-6-4-3-5-7-10/h3-7,11H,8-9H2,1-2H3. The number of hydrogen-bond donors (Lipinski definition) is 0. The predicted molar refractivity (Wildman–Crippen MR) is 57.2 cm³/mol. The highest BCUT2D eigenvalue weighted by atomic mass is 16.1. The van der Waals surface area contributed by atoms with Gasteiger partial charge in [0, 0.05) is 11.8 Å². The van der Waals surface area contributed by atoms with Crippen molar-refractivity contribution in [2.24, 2.45) is 5.41 Å². The second-order valence-corrected chi connectivity index (χ2v) is 4.65. The molecule has 1 nitrogen and oxygen atoms in total. The maximum atomic E-state index is 11.7. The smallest absolute Gasteiger partial charge is 0.139 e. The van der Waals surface area contributed by atoms with E-state index in [4.69, 9.17) is 0 Å². The maximum absolute atomic E-state index is 11.7. The molecule has 0 saturated heterocycles. The summed E-state index contributed by atoms with van der Waals surface area (Å²) >= 11 is 0. The fourth-order valence-electron chi connectivity index (χ4n) is 2.42. The van der Waals surface area contributed by atoms with E-state index in [0.29, 0.717) is 11.7 Å². The van der Waals surface area contributed by atoms with E-state index in [2.05, 4.69) is 26.0 Å². The molecule has 0 bridgehead atoms. The highest BCUT2D eigenvalue weighted by molar-refractivity contribution is 5.87. The molecule has 1 aliphatic rings. The monoisotopic (exact) mass is 188 g/mol. The molecule has 0 amide bonds. The molecule has 0 heterocycles. The summed E-state index contributed by atoms with van der Waals surface area (Å²) in [6, 6.07) is 10.4. The molecule has 0 spiro atoms. The Kier molecular flexibility index (Phi) is 2.18. The van der Waals surface area contributed by atoms with Crippen LogP contribution in [0.5, 0.6) is 0 Å². The second-order valence-electron chi connectivity index (χ2n) is 4.65. The fraction of sp³-hybridized carbons (Fsp3) is 0.462. The van der Waals surface area contributed by atoms with Crippen molar-refractivity contribution in [3.05, 3.63) is 35.9 Å². The number of hydrogen-bond acceptors (Lipinski definition) is 1. The summed E-state index contributed by atoms with van der Waals surface area (Å²) in [7, 11) is 0. The van der Waals surface area contributed by atoms with E-state index in [1.807, 2.05) is 18.2 Å². The lowest BCUT2D eigenvalue weighted by Gasteiger charge is -2.25. The molecule has 1 fully saturated rings. The third kappa shape index (κ3) is 1.37. The van der Waals surface area contributed by atoms with Crippen molar-refractivity contribution in [1.29, 1.82) is 0 Å². The van der Waals surface area contributed by atoms with Crippen LogP contribution in [-0.4, -0.2) is 5.78 Å². The zero-order valence-electron chi connectivity index (χ0n) is 8.79. The fourth-order valence-corrected chi connectivity index (χ4v) is 2.42. The molecule has 1 aliphatic carbocycles. The van der Waals surface area contributed by atoms with Gasteiger partial charge in [-0.15, -0.1) is 0 Å². The lowest BCUT2D eigenvalue weighted by molar-refractivity contribution is -0.124. The Morgan fingerprint density at radius 2 is 1.86 bits per heavy atom. The molecule has 1 aromatic rings. The van der Waals surface area contributed by atoms with E-state index in [0.717, 1.165) is 12.8 Å². The molecule has 2 rings (SSSR count). The number of ketones is 1. The van der Waals surface area contributed by atoms with Gasteiger partial charge in [-0.1, -0.05) is 44.2 Å². The largest absolute Gasteiger partial charge is 0.299 e. The molecule has 0 aromatic heterocycles. The minimum atomic E-state index is -0.165. The predicted octanol–water partition coefficient (Wildman–Crippen LogP) is 3.16. The third-order valence-electron chi connectivity index (χ3n) is 3.45. The number of rotatable bonds is 1. The molecular formula is C13H16O. The molecule has 14 heavy (non-hydrogen) atoms. The average Bonchev–Trinajstić information content (AvgIpc) is 2.44. The van der Waals surface area contributed by atoms with Crippen LogP contribution in [0.1, 0.15) is 38.2 Å². The SMILES string of the molecule is CC1(C)C(=O)CCC1c1ccccc1. The Morgan fingerprint density at radius 1 is 1.21 bits per heavy atom. The van der Waals surface area contributed by atoms with Crippen molar-refractivity contribution in [3.63, 3.8) is 0 Å². The zero-order chi connectivity index (χ0) is 10.2. The van der Waals surface area contributed by atoms with Gasteiger partial charge in [0.05, 0.1) is 0 Å². The summed E-state index contributed by atoms with van der Waals surface area (Å²) in [6.07, 6.45) is 1.75. The van der Waals surface area contributed by atoms with Gasteiger partial charge in [0.1, 0.15) is 5.78 Å². The third-order valence-corrected chi connectivity index (χ3v) is 3.45. The maximum Gasteiger partial charge on any atom is 0.139 e. The first-order chi connectivity index (χ1) is 6.62. The summed E-state index contributed by atoms with van der Waals surface area (Å²) in [4.78, 5) is 11.7. The molecule has 1 unspecified atom stereocenters. The van der Waals surface area contributed by atoms with Gasteiger partial charge < -0.3 is 0 Å². The minimum Gasteiger partial charge on any atom is -0.299 e. The van der Waals surface area contributed by atoms with Crippen molar-refractivity contribution < 1.29 is 4.79 Å². The van der Waals surface area contributed by atoms with Gasteiger partial charge in [-0.3, -0.25) is 4.79 Å². The van der Waals surface area contributed by atoms with E-state index >= 15 is 0 Å². The van der Waals surface area contributed by atoms with Crippen LogP contribution in [0.2, 0.25) is 0 Å². The van der Waals surface area contributed by atoms with Crippen LogP contribution >= 0.6 is 0 Å². The number of carbonyl (C=O) groups excluding carboxylic acids is 1. The normalized spacial score (nSPS) is 25.3. The Balaban J connectivity index is 2.33. The van der Waals surface area contributed by atoms with E-state index in [-0.39, 0.29) is 5.41 Å². The highest BCUT2D eigenvalue weighted by Gasteiger charge is 2.42. The van der Waals surface area contributed by atoms with Crippen molar-refractivity contribution in [2.45, 2.75) is 32.6 Å². The van der Waals surface area contributed by atoms with Gasteiger partial charge in [0.15, 0.2) is 0 Å². The highest BCUT2D eigenvalue weighted by Crippen LogP contribution is 2.46. The van der Waals surface area contributed by atoms with E-state index < -0.39 is 0 Å². The van der Waals surface area contributed by atoms with Crippen LogP contribution in [0, 0.1) is 5.41 Å². The van der Waals surface area contributed by atoms with Crippen LogP contribution in [0.3, 0.4) is 0 Å². The van der Waals surface area contributed by atoms with Crippen LogP contribution in [-0.2, 0) is 4.79 Å². The molecule has 1 saturated carbocycles. The van der Waals surface area contributed by atoms with Crippen LogP contribution in [0.15, 0.2) is 30.3 Å². The lowest BCUT2D eigenvalue weighted by Crippen LogP contribution is -2.23. The Hall–Kier alpha value is -1.11. The van der Waals surface area contributed by atoms with E-state index in [9.17, 15) is 4.79 Å². The van der Waals surface area contributed by atoms with Gasteiger partial charge in [-0.2, -0.15) is 0 Å². The van der Waals surface area contributed by atoms with Crippen molar-refractivity contribution in [2.75, 3.05) is 0 Å². The molecule has 74 valence electrons. The Bertz CT molecular complexity index is 338. The molecule has 1 heteroatoms. The van der Waals surface area contributed by atoms with Crippen molar-refractivity contribution >= 4 is 5.78 Å². The lowest BCUT2D eigenvalue weighted by atomic mass is 9.77. The van der Waals surface area contributed by atoms with E-state index in [1.54, 1.807) is 0 Å². The molecule has 0 N–H and O–H groups in total. The Morgan fingerprint density at radius 3 is 2.36 bits per heavy atom. The van der Waals surface area contributed by atoms with Gasteiger partial charge in [-0.05, 0) is 17.9 Å².